The van der Waals surface area contributed by atoms with Gasteiger partial charge in [0, 0.05) is 25.9 Å². The summed E-state index contributed by atoms with van der Waals surface area (Å²) in [6.07, 6.45) is 0. The van der Waals surface area contributed by atoms with Crippen molar-refractivity contribution in [1.82, 2.24) is 0 Å². The number of ether oxygens (including phenoxy) is 1. The first-order valence-corrected chi connectivity index (χ1v) is 5.08. The van der Waals surface area contributed by atoms with Crippen LogP contribution in [0.4, 0.5) is 15.8 Å². The second-order valence-electron chi connectivity index (χ2n) is 3.41. The molecule has 4 nitrogen and oxygen atoms in total. The van der Waals surface area contributed by atoms with Crippen LogP contribution < -0.4 is 10.6 Å². The molecule has 0 aliphatic rings. The van der Waals surface area contributed by atoms with E-state index in [9.17, 15) is 4.39 Å². The van der Waals surface area contributed by atoms with Crippen molar-refractivity contribution in [2.75, 3.05) is 44.0 Å². The Morgan fingerprint density at radius 2 is 2.19 bits per heavy atom. The third-order valence-electron chi connectivity index (χ3n) is 2.25. The lowest BCUT2D eigenvalue weighted by Gasteiger charge is -2.24. The molecule has 0 unspecified atom stereocenters. The van der Waals surface area contributed by atoms with Gasteiger partial charge in [-0.25, -0.2) is 4.39 Å². The van der Waals surface area contributed by atoms with Gasteiger partial charge in [-0.1, -0.05) is 0 Å². The van der Waals surface area contributed by atoms with E-state index in [1.54, 1.807) is 24.1 Å². The van der Waals surface area contributed by atoms with Gasteiger partial charge in [0.05, 0.1) is 18.9 Å². The number of nitrogens with two attached hydrogens (primary N) is 1. The van der Waals surface area contributed by atoms with E-state index in [0.717, 1.165) is 0 Å². The summed E-state index contributed by atoms with van der Waals surface area (Å²) < 4.78 is 18.5. The summed E-state index contributed by atoms with van der Waals surface area (Å²) in [5, 5.41) is 8.91. The minimum Gasteiger partial charge on any atom is -0.399 e. The van der Waals surface area contributed by atoms with Gasteiger partial charge in [-0.15, -0.1) is 0 Å². The van der Waals surface area contributed by atoms with Gasteiger partial charge in [-0.2, -0.15) is 0 Å². The second kappa shape index (κ2) is 6.30. The molecule has 1 aromatic rings. The van der Waals surface area contributed by atoms with Gasteiger partial charge in [0.2, 0.25) is 0 Å². The zero-order chi connectivity index (χ0) is 12.0. The van der Waals surface area contributed by atoms with Gasteiger partial charge in [0.1, 0.15) is 5.82 Å². The number of hydrogen-bond donors (Lipinski definition) is 2. The summed E-state index contributed by atoms with van der Waals surface area (Å²) in [5.41, 5.74) is 6.29. The standard InChI is InChI=1S/C11H17FN2O2/c1-16-7-5-14(4-6-15)11-3-2-9(13)8-10(11)12/h2-3,8,15H,4-7,13H2,1H3. The van der Waals surface area contributed by atoms with E-state index < -0.39 is 0 Å². The number of nitrogen functional groups attached to an aromatic ring is 1. The fourth-order valence-electron chi connectivity index (χ4n) is 1.45. The Kier molecular flexibility index (Phi) is 5.01. The molecule has 16 heavy (non-hydrogen) atoms. The lowest BCUT2D eigenvalue weighted by atomic mass is 10.2. The fraction of sp³-hybridized carbons (Fsp3) is 0.455. The predicted molar refractivity (Wildman–Crippen MR) is 62.0 cm³/mol. The van der Waals surface area contributed by atoms with Crippen LogP contribution >= 0.6 is 0 Å². The number of aliphatic hydroxyl groups excluding tert-OH is 1. The Balaban J connectivity index is 2.82. The molecule has 0 heterocycles. The van der Waals surface area contributed by atoms with Crippen LogP contribution in [-0.2, 0) is 4.74 Å². The number of benzene rings is 1. The molecule has 5 heteroatoms. The molecule has 0 aliphatic carbocycles. The summed E-state index contributed by atoms with van der Waals surface area (Å²) in [7, 11) is 1.58. The van der Waals surface area contributed by atoms with Crippen molar-refractivity contribution >= 4 is 11.4 Å². The van der Waals surface area contributed by atoms with Gasteiger partial charge >= 0.3 is 0 Å². The smallest absolute Gasteiger partial charge is 0.148 e. The molecule has 0 aromatic heterocycles. The minimum absolute atomic E-state index is 0.0342. The Morgan fingerprint density at radius 1 is 1.44 bits per heavy atom. The molecule has 90 valence electrons. The van der Waals surface area contributed by atoms with Gasteiger partial charge in [-0.3, -0.25) is 0 Å². The quantitative estimate of drug-likeness (QED) is 0.709. The summed E-state index contributed by atoms with van der Waals surface area (Å²) in [6, 6.07) is 4.51. The van der Waals surface area contributed by atoms with Gasteiger partial charge < -0.3 is 20.5 Å². The topological polar surface area (TPSA) is 58.7 Å². The molecule has 0 bridgehead atoms. The Morgan fingerprint density at radius 3 is 2.75 bits per heavy atom. The van der Waals surface area contributed by atoms with Gasteiger partial charge in [-0.05, 0) is 18.2 Å². The van der Waals surface area contributed by atoms with Crippen molar-refractivity contribution in [2.45, 2.75) is 0 Å². The van der Waals surface area contributed by atoms with Crippen LogP contribution in [0.3, 0.4) is 0 Å². The Labute approximate surface area is 94.4 Å². The van der Waals surface area contributed by atoms with Gasteiger partial charge in [0.25, 0.3) is 0 Å². The van der Waals surface area contributed by atoms with E-state index >= 15 is 0 Å². The van der Waals surface area contributed by atoms with Crippen molar-refractivity contribution in [1.29, 1.82) is 0 Å². The van der Waals surface area contributed by atoms with Gasteiger partial charge in [0.15, 0.2) is 0 Å². The number of aliphatic hydroxyl groups is 1. The van der Waals surface area contributed by atoms with Crippen molar-refractivity contribution in [3.05, 3.63) is 24.0 Å². The van der Waals surface area contributed by atoms with Crippen molar-refractivity contribution in [3.63, 3.8) is 0 Å². The van der Waals surface area contributed by atoms with Crippen molar-refractivity contribution in [3.8, 4) is 0 Å². The van der Waals surface area contributed by atoms with Crippen LogP contribution in [0.5, 0.6) is 0 Å². The number of nitrogens with zero attached hydrogens (tertiary/aromatic N) is 1. The molecule has 0 spiro atoms. The molecule has 3 N–H and O–H groups in total. The zero-order valence-corrected chi connectivity index (χ0v) is 9.32. The SMILES string of the molecule is COCCN(CCO)c1ccc(N)cc1F. The number of methoxy groups -OCH3 is 1. The summed E-state index contributed by atoms with van der Waals surface area (Å²) in [6.45, 7) is 1.33. The second-order valence-corrected chi connectivity index (χ2v) is 3.41. The van der Waals surface area contributed by atoms with Crippen LogP contribution in [-0.4, -0.2) is 38.5 Å². The normalized spacial score (nSPS) is 10.4. The summed E-state index contributed by atoms with van der Waals surface area (Å²) >= 11 is 0. The van der Waals surface area contributed by atoms with E-state index in [2.05, 4.69) is 0 Å². The molecule has 0 fully saturated rings. The molecule has 0 radical (unpaired) electrons. The first kappa shape index (κ1) is 12.7. The Bertz CT molecular complexity index is 334. The molecule has 0 aliphatic heterocycles. The lowest BCUT2D eigenvalue weighted by molar-refractivity contribution is 0.202. The van der Waals surface area contributed by atoms with Crippen LogP contribution in [0.2, 0.25) is 0 Å². The molecule has 1 aromatic carbocycles. The highest BCUT2D eigenvalue weighted by Crippen LogP contribution is 2.21. The Hall–Kier alpha value is -1.33. The molecule has 0 atom stereocenters. The molecule has 0 saturated carbocycles. The first-order chi connectivity index (χ1) is 7.69. The number of anilines is 2. The molecular weight excluding hydrogens is 211 g/mol. The van der Waals surface area contributed by atoms with E-state index in [-0.39, 0.29) is 12.4 Å². The average Bonchev–Trinajstić information content (AvgIpc) is 2.25. The lowest BCUT2D eigenvalue weighted by Crippen LogP contribution is -2.30. The predicted octanol–water partition coefficient (Wildman–Crippen LogP) is 0.853. The maximum atomic E-state index is 13.6. The van der Waals surface area contributed by atoms with Crippen LogP contribution in [0, 0.1) is 5.82 Å². The maximum Gasteiger partial charge on any atom is 0.148 e. The highest BCUT2D eigenvalue weighted by molar-refractivity contribution is 5.54. The molecule has 1 rings (SSSR count). The zero-order valence-electron chi connectivity index (χ0n) is 9.32. The molecule has 0 saturated heterocycles. The maximum absolute atomic E-state index is 13.6. The fourth-order valence-corrected chi connectivity index (χ4v) is 1.45. The number of hydrogen-bond acceptors (Lipinski definition) is 4. The minimum atomic E-state index is -0.385. The highest BCUT2D eigenvalue weighted by Gasteiger charge is 2.10. The van der Waals surface area contributed by atoms with E-state index in [4.69, 9.17) is 15.6 Å². The molecule has 0 amide bonds. The third kappa shape index (κ3) is 3.36. The van der Waals surface area contributed by atoms with Crippen LogP contribution in [0.1, 0.15) is 0 Å². The number of rotatable bonds is 6. The van der Waals surface area contributed by atoms with Crippen LogP contribution in [0.15, 0.2) is 18.2 Å². The van der Waals surface area contributed by atoms with Crippen molar-refractivity contribution in [2.24, 2.45) is 0 Å². The average molecular weight is 228 g/mol. The van der Waals surface area contributed by atoms with Crippen molar-refractivity contribution < 1.29 is 14.2 Å². The van der Waals surface area contributed by atoms with Crippen LogP contribution in [0.25, 0.3) is 0 Å². The summed E-state index contributed by atoms with van der Waals surface area (Å²) in [4.78, 5) is 1.72. The van der Waals surface area contributed by atoms with E-state index in [1.165, 1.54) is 6.07 Å². The molecular formula is C11H17FN2O2. The number of halogens is 1. The third-order valence-corrected chi connectivity index (χ3v) is 2.25. The largest absolute Gasteiger partial charge is 0.399 e. The monoisotopic (exact) mass is 228 g/mol. The van der Waals surface area contributed by atoms with E-state index in [0.29, 0.717) is 31.1 Å². The highest BCUT2D eigenvalue weighted by atomic mass is 19.1. The first-order valence-electron chi connectivity index (χ1n) is 5.08. The summed E-state index contributed by atoms with van der Waals surface area (Å²) in [5.74, 6) is -0.385. The van der Waals surface area contributed by atoms with E-state index in [1.807, 2.05) is 0 Å².